The summed E-state index contributed by atoms with van der Waals surface area (Å²) in [5.74, 6) is -0.741. The molecule has 3 aromatic rings. The number of likely N-dealkylation sites (N-methyl/N-ethyl adjacent to an activating group) is 1. The summed E-state index contributed by atoms with van der Waals surface area (Å²) in [6, 6.07) is 16.4. The Morgan fingerprint density at radius 1 is 0.956 bits per heavy atom. The molecular formula is C33H38F3N3O5S. The number of sulfone groups is 1. The number of rotatable bonds is 11. The van der Waals surface area contributed by atoms with E-state index in [1.807, 2.05) is 18.7 Å². The smallest absolute Gasteiger partial charge is 0.394 e. The number of aliphatic hydroxyl groups excluding tert-OH is 1. The largest absolute Gasteiger partial charge is 0.416 e. The zero-order chi connectivity index (χ0) is 32.9. The van der Waals surface area contributed by atoms with Crippen LogP contribution in [0.25, 0.3) is 0 Å². The van der Waals surface area contributed by atoms with Crippen LogP contribution in [0.5, 0.6) is 0 Å². The first-order valence-corrected chi connectivity index (χ1v) is 16.5. The predicted octanol–water partition coefficient (Wildman–Crippen LogP) is 5.19. The molecule has 3 aromatic carbocycles. The van der Waals surface area contributed by atoms with E-state index in [1.165, 1.54) is 24.3 Å². The molecule has 242 valence electrons. The molecule has 0 saturated carbocycles. The van der Waals surface area contributed by atoms with Crippen LogP contribution in [-0.4, -0.2) is 68.3 Å². The number of hydrogen-bond acceptors (Lipinski definition) is 6. The number of amides is 2. The Morgan fingerprint density at radius 2 is 1.56 bits per heavy atom. The van der Waals surface area contributed by atoms with Gasteiger partial charge < -0.3 is 20.2 Å². The van der Waals surface area contributed by atoms with Gasteiger partial charge in [0.15, 0.2) is 9.84 Å². The maximum Gasteiger partial charge on any atom is 0.416 e. The summed E-state index contributed by atoms with van der Waals surface area (Å²) in [5.41, 5.74) is 1.54. The van der Waals surface area contributed by atoms with Crippen molar-refractivity contribution in [3.05, 3.63) is 95.1 Å². The van der Waals surface area contributed by atoms with Gasteiger partial charge in [-0.15, -0.1) is 0 Å². The number of nitrogens with zero attached hydrogens (tertiary/aromatic N) is 2. The van der Waals surface area contributed by atoms with Gasteiger partial charge in [0.25, 0.3) is 5.91 Å². The lowest BCUT2D eigenvalue weighted by Gasteiger charge is -2.30. The normalized spacial score (nSPS) is 17.6. The van der Waals surface area contributed by atoms with Crippen LogP contribution in [0.15, 0.2) is 77.7 Å². The number of halogens is 3. The molecule has 0 radical (unpaired) electrons. The molecule has 1 aliphatic rings. The Labute approximate surface area is 261 Å². The SMILES string of the molecule is CCN(CC)C(=O)[C@@H]1CC(c2ccc(C(F)(F)F)cc2)CN1c1ccc(C(=O)N[C@@H](CO)c2ccc(S(=O)(=O)CC)cc2)cc1. The van der Waals surface area contributed by atoms with E-state index in [1.54, 1.807) is 48.2 Å². The van der Waals surface area contributed by atoms with Crippen LogP contribution >= 0.6 is 0 Å². The molecule has 3 atom stereocenters. The Morgan fingerprint density at radius 3 is 2.07 bits per heavy atom. The number of alkyl halides is 3. The molecule has 1 fully saturated rings. The van der Waals surface area contributed by atoms with Gasteiger partial charge in [-0.05, 0) is 79.9 Å². The Bertz CT molecular complexity index is 1570. The zero-order valence-electron chi connectivity index (χ0n) is 25.4. The summed E-state index contributed by atoms with van der Waals surface area (Å²) in [5, 5.41) is 12.7. The lowest BCUT2D eigenvalue weighted by Crippen LogP contribution is -2.45. The van der Waals surface area contributed by atoms with Gasteiger partial charge in [0.1, 0.15) is 6.04 Å². The fourth-order valence-electron chi connectivity index (χ4n) is 5.64. The van der Waals surface area contributed by atoms with E-state index in [2.05, 4.69) is 5.32 Å². The van der Waals surface area contributed by atoms with E-state index < -0.39 is 46.2 Å². The summed E-state index contributed by atoms with van der Waals surface area (Å²) < 4.78 is 63.6. The van der Waals surface area contributed by atoms with Crippen LogP contribution in [0.1, 0.15) is 66.2 Å². The van der Waals surface area contributed by atoms with Crippen molar-refractivity contribution in [3.63, 3.8) is 0 Å². The van der Waals surface area contributed by atoms with Gasteiger partial charge in [0, 0.05) is 36.8 Å². The van der Waals surface area contributed by atoms with Crippen LogP contribution < -0.4 is 10.2 Å². The molecule has 0 aromatic heterocycles. The highest BCUT2D eigenvalue weighted by atomic mass is 32.2. The van der Waals surface area contributed by atoms with E-state index in [4.69, 9.17) is 0 Å². The summed E-state index contributed by atoms with van der Waals surface area (Å²) in [4.78, 5) is 30.4. The Kier molecular flexibility index (Phi) is 10.6. The summed E-state index contributed by atoms with van der Waals surface area (Å²) in [6.07, 6.45) is -4.01. The molecule has 1 aliphatic heterocycles. The predicted molar refractivity (Wildman–Crippen MR) is 166 cm³/mol. The molecule has 12 heteroatoms. The van der Waals surface area contributed by atoms with Gasteiger partial charge in [0.2, 0.25) is 5.91 Å². The molecule has 0 spiro atoms. The number of benzene rings is 3. The second-order valence-electron chi connectivity index (χ2n) is 11.0. The fraction of sp³-hybridized carbons (Fsp3) is 0.394. The third kappa shape index (κ3) is 7.67. The third-order valence-electron chi connectivity index (χ3n) is 8.34. The number of nitrogens with one attached hydrogen (secondary N) is 1. The quantitative estimate of drug-likeness (QED) is 0.297. The van der Waals surface area contributed by atoms with Gasteiger partial charge in [-0.2, -0.15) is 13.2 Å². The van der Waals surface area contributed by atoms with E-state index >= 15 is 0 Å². The molecule has 0 aliphatic carbocycles. The highest BCUT2D eigenvalue weighted by molar-refractivity contribution is 7.91. The van der Waals surface area contributed by atoms with E-state index in [0.717, 1.165) is 12.1 Å². The number of anilines is 1. The van der Waals surface area contributed by atoms with E-state index in [-0.39, 0.29) is 22.5 Å². The van der Waals surface area contributed by atoms with Gasteiger partial charge in [-0.25, -0.2) is 8.42 Å². The summed E-state index contributed by atoms with van der Waals surface area (Å²) >= 11 is 0. The molecule has 2 N–H and O–H groups in total. The van der Waals surface area contributed by atoms with Gasteiger partial charge in [0.05, 0.1) is 28.9 Å². The van der Waals surface area contributed by atoms with Crippen LogP contribution in [0, 0.1) is 0 Å². The van der Waals surface area contributed by atoms with Crippen molar-refractivity contribution < 1.29 is 36.3 Å². The average Bonchev–Trinajstić information content (AvgIpc) is 3.49. The van der Waals surface area contributed by atoms with Crippen LogP contribution in [0.2, 0.25) is 0 Å². The first kappa shape index (κ1) is 34.0. The molecule has 4 rings (SSSR count). The van der Waals surface area contributed by atoms with Crippen LogP contribution in [0.3, 0.4) is 0 Å². The first-order valence-electron chi connectivity index (χ1n) is 14.9. The van der Waals surface area contributed by atoms with Gasteiger partial charge in [-0.1, -0.05) is 31.2 Å². The lowest BCUT2D eigenvalue weighted by molar-refractivity contribution is -0.137. The fourth-order valence-corrected chi connectivity index (χ4v) is 6.53. The molecule has 8 nitrogen and oxygen atoms in total. The second kappa shape index (κ2) is 14.0. The molecule has 1 unspecified atom stereocenters. The van der Waals surface area contributed by atoms with Gasteiger partial charge in [-0.3, -0.25) is 9.59 Å². The molecule has 2 amide bonds. The molecular weight excluding hydrogens is 607 g/mol. The third-order valence-corrected chi connectivity index (χ3v) is 10.1. The van der Waals surface area contributed by atoms with Crippen molar-refractivity contribution in [2.45, 2.75) is 56.3 Å². The highest BCUT2D eigenvalue weighted by Crippen LogP contribution is 2.38. The monoisotopic (exact) mass is 645 g/mol. The molecule has 45 heavy (non-hydrogen) atoms. The van der Waals surface area contributed by atoms with Crippen LogP contribution in [0.4, 0.5) is 18.9 Å². The van der Waals surface area contributed by atoms with Crippen molar-refractivity contribution in [1.82, 2.24) is 10.2 Å². The standard InChI is InChI=1S/C33H38F3N3O5S/c1-4-38(5-2)32(42)30-19-25(22-7-13-26(14-8-22)33(34,35)36)20-39(30)27-15-9-24(10-16-27)31(41)37-29(21-40)23-11-17-28(18-12-23)45(43,44)6-3/h7-18,25,29-30,40H,4-6,19-21H2,1-3H3,(H,37,41)/t25?,29-,30-/m0/s1. The molecule has 1 heterocycles. The van der Waals surface area contributed by atoms with E-state index in [0.29, 0.717) is 48.4 Å². The Hall–Kier alpha value is -3.90. The number of aliphatic hydroxyl groups is 1. The minimum atomic E-state index is -4.44. The summed E-state index contributed by atoms with van der Waals surface area (Å²) in [7, 11) is -3.39. The van der Waals surface area contributed by atoms with Crippen molar-refractivity contribution in [2.75, 3.05) is 36.9 Å². The number of carbonyl (C=O) groups excluding carboxylic acids is 2. The highest BCUT2D eigenvalue weighted by Gasteiger charge is 2.39. The second-order valence-corrected chi connectivity index (χ2v) is 13.2. The lowest BCUT2D eigenvalue weighted by atomic mass is 9.95. The average molecular weight is 646 g/mol. The number of carbonyl (C=O) groups is 2. The maximum atomic E-state index is 13.5. The van der Waals surface area contributed by atoms with E-state index in [9.17, 15) is 36.3 Å². The van der Waals surface area contributed by atoms with Crippen molar-refractivity contribution in [2.24, 2.45) is 0 Å². The number of hydrogen-bond donors (Lipinski definition) is 2. The zero-order valence-corrected chi connectivity index (χ0v) is 26.2. The minimum Gasteiger partial charge on any atom is -0.394 e. The topological polar surface area (TPSA) is 107 Å². The maximum absolute atomic E-state index is 13.5. The van der Waals surface area contributed by atoms with Gasteiger partial charge >= 0.3 is 6.18 Å². The van der Waals surface area contributed by atoms with Crippen molar-refractivity contribution in [3.8, 4) is 0 Å². The van der Waals surface area contributed by atoms with Crippen LogP contribution in [-0.2, 0) is 20.8 Å². The van der Waals surface area contributed by atoms with Crippen molar-refractivity contribution in [1.29, 1.82) is 0 Å². The Balaban J connectivity index is 1.53. The first-order chi connectivity index (χ1) is 21.3. The van der Waals surface area contributed by atoms with Crippen molar-refractivity contribution >= 4 is 27.3 Å². The summed E-state index contributed by atoms with van der Waals surface area (Å²) in [6.45, 7) is 6.38. The molecule has 0 bridgehead atoms. The molecule has 1 saturated heterocycles. The minimum absolute atomic E-state index is 0.0416.